The van der Waals surface area contributed by atoms with Gasteiger partial charge in [-0.25, -0.2) is 0 Å². The van der Waals surface area contributed by atoms with Crippen molar-refractivity contribution in [3.05, 3.63) is 143 Å². The van der Waals surface area contributed by atoms with E-state index in [1.54, 1.807) is 0 Å². The van der Waals surface area contributed by atoms with Crippen LogP contribution in [0.25, 0.3) is 21.5 Å². The number of benzene rings is 4. The first kappa shape index (κ1) is 27.7. The van der Waals surface area contributed by atoms with Gasteiger partial charge in [-0.1, -0.05) is 104 Å². The third-order valence-electron chi connectivity index (χ3n) is 7.69. The van der Waals surface area contributed by atoms with Gasteiger partial charge in [-0.2, -0.15) is 26.3 Å². The molecular weight excluding hydrogens is 538 g/mol. The zero-order chi connectivity index (χ0) is 28.7. The number of halogens is 6. The molecule has 0 nitrogen and oxygen atoms in total. The van der Waals surface area contributed by atoms with Crippen LogP contribution in [-0.2, 0) is 12.4 Å². The summed E-state index contributed by atoms with van der Waals surface area (Å²) in [5.41, 5.74) is 3.58. The molecule has 0 aliphatic carbocycles. The third kappa shape index (κ3) is 4.94. The van der Waals surface area contributed by atoms with Gasteiger partial charge in [0.15, 0.2) is 0 Å². The van der Waals surface area contributed by atoms with Crippen molar-refractivity contribution in [2.24, 2.45) is 0 Å². The maximum atomic E-state index is 13.4. The van der Waals surface area contributed by atoms with Crippen molar-refractivity contribution in [3.8, 4) is 0 Å². The fourth-order valence-corrected chi connectivity index (χ4v) is 9.85. The van der Waals surface area contributed by atoms with Crippen LogP contribution < -0.4 is 0 Å². The highest BCUT2D eigenvalue weighted by Gasteiger charge is 2.46. The number of alkyl halides is 6. The van der Waals surface area contributed by atoms with E-state index >= 15 is 0 Å². The average Bonchev–Trinajstić information content (AvgIpc) is 3.22. The Morgan fingerprint density at radius 1 is 0.475 bits per heavy atom. The Balaban J connectivity index is 1.86. The molecule has 0 unspecified atom stereocenters. The van der Waals surface area contributed by atoms with Crippen LogP contribution in [0.1, 0.15) is 40.3 Å². The zero-order valence-electron chi connectivity index (χ0n) is 21.9. The molecule has 0 N–H and O–H groups in total. The van der Waals surface area contributed by atoms with Crippen LogP contribution in [0, 0.1) is 0 Å². The summed E-state index contributed by atoms with van der Waals surface area (Å²) in [6.07, 6.45) is -8.93. The van der Waals surface area contributed by atoms with E-state index in [0.717, 1.165) is 56.9 Å². The van der Waals surface area contributed by atoms with Gasteiger partial charge < -0.3 is 0 Å². The zero-order valence-corrected chi connectivity index (χ0v) is 22.9. The maximum absolute atomic E-state index is 13.4. The molecule has 0 radical (unpaired) electrons. The highest BCUT2D eigenvalue weighted by Crippen LogP contribution is 2.57. The van der Waals surface area contributed by atoms with Crippen LogP contribution in [0.2, 0.25) is 12.6 Å². The molecule has 0 saturated carbocycles. The molecule has 5 rings (SSSR count). The van der Waals surface area contributed by atoms with Gasteiger partial charge in [-0.3, -0.25) is 0 Å². The van der Waals surface area contributed by atoms with E-state index in [-0.39, 0.29) is 0 Å². The Bertz CT molecular complexity index is 1440. The lowest BCUT2D eigenvalue weighted by atomic mass is 9.89. The van der Waals surface area contributed by atoms with Gasteiger partial charge >= 0.3 is 12.4 Å². The summed E-state index contributed by atoms with van der Waals surface area (Å²) < 4.78 is 80.7. The first-order valence-corrected chi connectivity index (χ1v) is 15.6. The molecule has 40 heavy (non-hydrogen) atoms. The molecule has 4 aromatic rings. The van der Waals surface area contributed by atoms with Crippen molar-refractivity contribution in [1.29, 1.82) is 0 Å². The second-order valence-corrected chi connectivity index (χ2v) is 14.4. The molecule has 204 valence electrons. The highest BCUT2D eigenvalue weighted by molar-refractivity contribution is 7.13. The van der Waals surface area contributed by atoms with Crippen molar-refractivity contribution in [3.63, 3.8) is 0 Å². The van der Waals surface area contributed by atoms with E-state index in [9.17, 15) is 26.3 Å². The van der Waals surface area contributed by atoms with E-state index in [1.807, 2.05) is 60.7 Å². The predicted octanol–water partition coefficient (Wildman–Crippen LogP) is 10.4. The Hall–Kier alpha value is -3.84. The topological polar surface area (TPSA) is 0 Å². The summed E-state index contributed by atoms with van der Waals surface area (Å²) in [5.74, 6) is 0. The lowest BCUT2D eigenvalue weighted by molar-refractivity contribution is -0.138. The molecule has 0 atom stereocenters. The maximum Gasteiger partial charge on any atom is 0.416 e. The van der Waals surface area contributed by atoms with Crippen molar-refractivity contribution in [1.82, 2.24) is 0 Å². The van der Waals surface area contributed by atoms with Gasteiger partial charge in [-0.05, 0) is 68.1 Å². The van der Waals surface area contributed by atoms with E-state index in [2.05, 4.69) is 13.5 Å². The monoisotopic (exact) mass is 564 g/mol. The second kappa shape index (κ2) is 10.3. The third-order valence-corrected chi connectivity index (χ3v) is 12.4. The van der Waals surface area contributed by atoms with Crippen molar-refractivity contribution in [2.75, 3.05) is 0 Å². The molecule has 0 amide bonds. The molecule has 7 heteroatoms. The minimum atomic E-state index is -4.46. The first-order chi connectivity index (χ1) is 18.9. The van der Waals surface area contributed by atoms with Crippen LogP contribution >= 0.6 is 0 Å². The van der Waals surface area contributed by atoms with Gasteiger partial charge in [0.1, 0.15) is 8.07 Å². The molecule has 4 aromatic carbocycles. The Morgan fingerprint density at radius 2 is 0.800 bits per heavy atom. The smallest absolute Gasteiger partial charge is 0.166 e. The van der Waals surface area contributed by atoms with Crippen molar-refractivity contribution < 1.29 is 26.3 Å². The molecule has 0 fully saturated rings. The predicted molar refractivity (Wildman–Crippen MR) is 151 cm³/mol. The van der Waals surface area contributed by atoms with Gasteiger partial charge in [0.25, 0.3) is 0 Å². The average molecular weight is 565 g/mol. The summed E-state index contributed by atoms with van der Waals surface area (Å²) in [4.78, 5) is 0. The van der Waals surface area contributed by atoms with Crippen LogP contribution in [0.5, 0.6) is 0 Å². The lowest BCUT2D eigenvalue weighted by Gasteiger charge is -2.30. The van der Waals surface area contributed by atoms with E-state index in [4.69, 9.17) is 0 Å². The summed E-state index contributed by atoms with van der Waals surface area (Å²) in [6.45, 7) is 4.21. The number of rotatable bonds is 5. The molecule has 0 saturated heterocycles. The fraction of sp³-hybridized carbons (Fsp3) is 0.152. The minimum absolute atomic E-state index is 0.693. The van der Waals surface area contributed by atoms with E-state index < -0.39 is 31.6 Å². The number of hydrogen-bond donors (Lipinski definition) is 0. The molecule has 1 heterocycles. The number of hydrogen-bond acceptors (Lipinski definition) is 0. The van der Waals surface area contributed by atoms with Gasteiger partial charge in [-0.15, -0.1) is 0 Å². The van der Waals surface area contributed by atoms with Gasteiger partial charge in [0.2, 0.25) is 0 Å². The molecule has 1 aliphatic heterocycles. The molecule has 0 spiro atoms. The Morgan fingerprint density at radius 3 is 1.07 bits per heavy atom. The van der Waals surface area contributed by atoms with Crippen molar-refractivity contribution in [2.45, 2.75) is 31.9 Å². The van der Waals surface area contributed by atoms with E-state index in [0.29, 0.717) is 17.2 Å². The largest absolute Gasteiger partial charge is 0.416 e. The summed E-state index contributed by atoms with van der Waals surface area (Å²) in [6, 6.07) is 30.6. The SMILES string of the molecule is CC[Si]1(C)C(c2ccc(C(F)(F)F)cc2)=C(c2ccccc2)C(c2ccccc2)=C1c1ccc(C(F)(F)F)cc1. The molecule has 1 aliphatic rings. The Labute approximate surface area is 230 Å². The van der Waals surface area contributed by atoms with Gasteiger partial charge in [0, 0.05) is 0 Å². The van der Waals surface area contributed by atoms with Gasteiger partial charge in [0.05, 0.1) is 11.1 Å². The summed E-state index contributed by atoms with van der Waals surface area (Å²) in [7, 11) is -2.72. The first-order valence-electron chi connectivity index (χ1n) is 12.9. The van der Waals surface area contributed by atoms with Crippen molar-refractivity contribution >= 4 is 29.6 Å². The summed E-state index contributed by atoms with van der Waals surface area (Å²) in [5, 5.41) is 1.95. The molecule has 0 bridgehead atoms. The standard InChI is InChI=1S/C33H26F6Si/c1-3-40(2)30(24-14-18-26(19-15-24)32(34,35)36)28(22-10-6-4-7-11-22)29(23-12-8-5-9-13-23)31(40)25-16-20-27(21-17-25)33(37,38)39/h4-21H,3H2,1-2H3. The quantitative estimate of drug-likeness (QED) is 0.167. The van der Waals surface area contributed by atoms with Crippen LogP contribution in [0.4, 0.5) is 26.3 Å². The number of allylic oxidation sites excluding steroid dienone is 2. The normalized spacial score (nSPS) is 15.6. The minimum Gasteiger partial charge on any atom is -0.166 e. The fourth-order valence-electron chi connectivity index (χ4n) is 5.64. The van der Waals surface area contributed by atoms with E-state index in [1.165, 1.54) is 24.3 Å². The molecule has 0 aromatic heterocycles. The van der Waals surface area contributed by atoms with Crippen LogP contribution in [0.15, 0.2) is 109 Å². The molecular formula is C33H26F6Si. The summed E-state index contributed by atoms with van der Waals surface area (Å²) >= 11 is 0. The second-order valence-electron chi connectivity index (χ2n) is 10.1. The lowest BCUT2D eigenvalue weighted by Crippen LogP contribution is -2.32. The van der Waals surface area contributed by atoms with Crippen LogP contribution in [0.3, 0.4) is 0 Å². The highest BCUT2D eigenvalue weighted by atomic mass is 28.3. The Kier molecular flexibility index (Phi) is 7.12. The van der Waals surface area contributed by atoms with Crippen LogP contribution in [-0.4, -0.2) is 8.07 Å².